The Labute approximate surface area is 169 Å². The molecule has 1 N–H and O–H groups in total. The molecule has 29 heavy (non-hydrogen) atoms. The maximum absolute atomic E-state index is 12.7. The van der Waals surface area contributed by atoms with Crippen LogP contribution in [0.5, 0.6) is 0 Å². The van der Waals surface area contributed by atoms with E-state index in [1.165, 1.54) is 24.3 Å². The Morgan fingerprint density at radius 2 is 1.86 bits per heavy atom. The number of benzene rings is 2. The standard InChI is InChI=1S/C20H23N3O5S/c1-14-6-11-18(13-19(14)23(25)26)29(27,28)21-17-9-7-16(8-10-17)20(24)22-12-4-3-5-15(22)2/h6-11,13,15,21H,3-5,12H2,1-2H3/t15-/m1/s1. The molecule has 1 amide bonds. The smallest absolute Gasteiger partial charge is 0.273 e. The molecule has 0 saturated carbocycles. The first-order valence-corrected chi connectivity index (χ1v) is 10.9. The fourth-order valence-electron chi connectivity index (χ4n) is 3.41. The Balaban J connectivity index is 1.77. The number of hydrogen-bond acceptors (Lipinski definition) is 5. The number of amides is 1. The lowest BCUT2D eigenvalue weighted by Crippen LogP contribution is -2.42. The lowest BCUT2D eigenvalue weighted by Gasteiger charge is -2.33. The maximum atomic E-state index is 12.7. The van der Waals surface area contributed by atoms with Crippen LogP contribution in [0.2, 0.25) is 0 Å². The highest BCUT2D eigenvalue weighted by Crippen LogP contribution is 2.25. The van der Waals surface area contributed by atoms with Gasteiger partial charge in [0.05, 0.1) is 9.82 Å². The van der Waals surface area contributed by atoms with E-state index in [1.54, 1.807) is 19.1 Å². The largest absolute Gasteiger partial charge is 0.336 e. The minimum Gasteiger partial charge on any atom is -0.336 e. The summed E-state index contributed by atoms with van der Waals surface area (Å²) < 4.78 is 27.6. The van der Waals surface area contributed by atoms with Crippen molar-refractivity contribution in [1.29, 1.82) is 0 Å². The summed E-state index contributed by atoms with van der Waals surface area (Å²) in [5.74, 6) is -0.0687. The average molecular weight is 417 g/mol. The van der Waals surface area contributed by atoms with Crippen LogP contribution in [0.1, 0.15) is 42.1 Å². The van der Waals surface area contributed by atoms with E-state index >= 15 is 0 Å². The first kappa shape index (κ1) is 20.8. The van der Waals surface area contributed by atoms with Crippen LogP contribution in [-0.4, -0.2) is 36.7 Å². The van der Waals surface area contributed by atoms with Crippen LogP contribution in [0, 0.1) is 17.0 Å². The Morgan fingerprint density at radius 1 is 1.17 bits per heavy atom. The van der Waals surface area contributed by atoms with Crippen molar-refractivity contribution in [2.45, 2.75) is 44.0 Å². The topological polar surface area (TPSA) is 110 Å². The van der Waals surface area contributed by atoms with Crippen LogP contribution in [0.3, 0.4) is 0 Å². The second-order valence-electron chi connectivity index (χ2n) is 7.23. The number of likely N-dealkylation sites (tertiary alicyclic amines) is 1. The number of piperidine rings is 1. The Morgan fingerprint density at radius 3 is 2.48 bits per heavy atom. The van der Waals surface area contributed by atoms with Crippen molar-refractivity contribution in [3.63, 3.8) is 0 Å². The summed E-state index contributed by atoms with van der Waals surface area (Å²) >= 11 is 0. The van der Waals surface area contributed by atoms with E-state index in [2.05, 4.69) is 4.72 Å². The Kier molecular flexibility index (Phi) is 5.88. The maximum Gasteiger partial charge on any atom is 0.273 e. The van der Waals surface area contributed by atoms with Gasteiger partial charge in [0.2, 0.25) is 0 Å². The van der Waals surface area contributed by atoms with Crippen molar-refractivity contribution in [2.75, 3.05) is 11.3 Å². The molecule has 0 bridgehead atoms. The van der Waals surface area contributed by atoms with Gasteiger partial charge in [-0.15, -0.1) is 0 Å². The van der Waals surface area contributed by atoms with Crippen molar-refractivity contribution < 1.29 is 18.1 Å². The molecule has 9 heteroatoms. The zero-order valence-corrected chi connectivity index (χ0v) is 17.1. The van der Waals surface area contributed by atoms with Gasteiger partial charge in [-0.05, 0) is 63.4 Å². The molecule has 1 heterocycles. The number of aryl methyl sites for hydroxylation is 1. The molecule has 2 aromatic rings. The number of anilines is 1. The molecular formula is C20H23N3O5S. The van der Waals surface area contributed by atoms with Crippen molar-refractivity contribution in [2.24, 2.45) is 0 Å². The molecule has 8 nitrogen and oxygen atoms in total. The zero-order valence-electron chi connectivity index (χ0n) is 16.3. The third kappa shape index (κ3) is 4.56. The molecule has 0 radical (unpaired) electrons. The molecule has 2 aromatic carbocycles. The molecule has 1 aliphatic rings. The molecule has 1 atom stereocenters. The van der Waals surface area contributed by atoms with Crippen molar-refractivity contribution in [3.05, 3.63) is 63.7 Å². The molecule has 1 aliphatic heterocycles. The summed E-state index contributed by atoms with van der Waals surface area (Å²) in [7, 11) is -4.00. The summed E-state index contributed by atoms with van der Waals surface area (Å²) in [4.78, 5) is 24.8. The second-order valence-corrected chi connectivity index (χ2v) is 8.91. The minimum atomic E-state index is -4.00. The number of hydrogen-bond donors (Lipinski definition) is 1. The summed E-state index contributed by atoms with van der Waals surface area (Å²) in [5, 5.41) is 11.1. The lowest BCUT2D eigenvalue weighted by atomic mass is 10.0. The van der Waals surface area contributed by atoms with E-state index in [0.717, 1.165) is 31.9 Å². The molecule has 154 valence electrons. The second kappa shape index (κ2) is 8.20. The molecule has 0 aromatic heterocycles. The Hall–Kier alpha value is -2.94. The van der Waals surface area contributed by atoms with E-state index in [4.69, 9.17) is 0 Å². The van der Waals surface area contributed by atoms with Crippen LogP contribution in [0.4, 0.5) is 11.4 Å². The van der Waals surface area contributed by atoms with Crippen LogP contribution in [0.15, 0.2) is 47.4 Å². The third-order valence-corrected chi connectivity index (χ3v) is 6.51. The number of carbonyl (C=O) groups excluding carboxylic acids is 1. The molecule has 0 spiro atoms. The van der Waals surface area contributed by atoms with Gasteiger partial charge in [-0.3, -0.25) is 19.6 Å². The molecule has 0 unspecified atom stereocenters. The first-order valence-electron chi connectivity index (χ1n) is 9.38. The third-order valence-electron chi connectivity index (χ3n) is 5.14. The minimum absolute atomic E-state index is 0.0687. The van der Waals surface area contributed by atoms with Gasteiger partial charge < -0.3 is 4.90 Å². The van der Waals surface area contributed by atoms with Gasteiger partial charge in [0.1, 0.15) is 0 Å². The Bertz CT molecular complexity index is 1030. The fraction of sp³-hybridized carbons (Fsp3) is 0.350. The van der Waals surface area contributed by atoms with Gasteiger partial charge in [-0.2, -0.15) is 0 Å². The highest BCUT2D eigenvalue weighted by atomic mass is 32.2. The quantitative estimate of drug-likeness (QED) is 0.589. The molecule has 1 fully saturated rings. The monoisotopic (exact) mass is 417 g/mol. The van der Waals surface area contributed by atoms with Gasteiger partial charge in [-0.25, -0.2) is 8.42 Å². The summed E-state index contributed by atoms with van der Waals surface area (Å²) in [6.45, 7) is 4.29. The first-order chi connectivity index (χ1) is 13.7. The van der Waals surface area contributed by atoms with Crippen LogP contribution < -0.4 is 4.72 Å². The van der Waals surface area contributed by atoms with Gasteiger partial charge in [0.15, 0.2) is 0 Å². The number of nitrogens with one attached hydrogen (secondary N) is 1. The van der Waals surface area contributed by atoms with Crippen LogP contribution in [-0.2, 0) is 10.0 Å². The summed E-state index contributed by atoms with van der Waals surface area (Å²) in [6, 6.07) is 10.1. The number of nitro benzene ring substituents is 1. The normalized spacial score (nSPS) is 17.0. The van der Waals surface area contributed by atoms with Gasteiger partial charge in [-0.1, -0.05) is 6.07 Å². The molecular weight excluding hydrogens is 394 g/mol. The average Bonchev–Trinajstić information content (AvgIpc) is 2.68. The number of carbonyl (C=O) groups is 1. The predicted molar refractivity (Wildman–Crippen MR) is 109 cm³/mol. The summed E-state index contributed by atoms with van der Waals surface area (Å²) in [6.07, 6.45) is 3.08. The van der Waals surface area contributed by atoms with E-state index < -0.39 is 14.9 Å². The van der Waals surface area contributed by atoms with E-state index in [9.17, 15) is 23.3 Å². The zero-order chi connectivity index (χ0) is 21.2. The summed E-state index contributed by atoms with van der Waals surface area (Å²) in [5.41, 5.74) is 0.886. The van der Waals surface area contributed by atoms with Gasteiger partial charge >= 0.3 is 0 Å². The fourth-order valence-corrected chi connectivity index (χ4v) is 4.49. The van der Waals surface area contributed by atoms with Crippen molar-refractivity contribution >= 4 is 27.3 Å². The van der Waals surface area contributed by atoms with Crippen molar-refractivity contribution in [3.8, 4) is 0 Å². The molecule has 0 aliphatic carbocycles. The van der Waals surface area contributed by atoms with E-state index in [-0.39, 0.29) is 28.2 Å². The van der Waals surface area contributed by atoms with Gasteiger partial charge in [0.25, 0.3) is 21.6 Å². The SMILES string of the molecule is Cc1ccc(S(=O)(=O)Nc2ccc(C(=O)N3CCCC[C@H]3C)cc2)cc1[N+](=O)[O-]. The lowest BCUT2D eigenvalue weighted by molar-refractivity contribution is -0.385. The molecule has 1 saturated heterocycles. The number of nitrogens with zero attached hydrogens (tertiary/aromatic N) is 2. The molecule has 3 rings (SSSR count). The predicted octanol–water partition coefficient (Wildman–Crippen LogP) is 3.72. The van der Waals surface area contributed by atoms with Crippen molar-refractivity contribution in [1.82, 2.24) is 4.90 Å². The highest BCUT2D eigenvalue weighted by molar-refractivity contribution is 7.92. The highest BCUT2D eigenvalue weighted by Gasteiger charge is 2.24. The number of nitro groups is 1. The van der Waals surface area contributed by atoms with Crippen LogP contribution >= 0.6 is 0 Å². The number of rotatable bonds is 5. The van der Waals surface area contributed by atoms with Gasteiger partial charge in [0, 0.05) is 35.5 Å². The van der Waals surface area contributed by atoms with E-state index in [1.807, 2.05) is 11.8 Å². The number of sulfonamides is 1. The van der Waals surface area contributed by atoms with Crippen LogP contribution in [0.25, 0.3) is 0 Å². The van der Waals surface area contributed by atoms with E-state index in [0.29, 0.717) is 11.1 Å².